The fraction of sp³-hybridized carbons (Fsp3) is 1.00. The number of nitrogens with zero attached hydrogens (tertiary/aromatic N) is 2. The zero-order valence-corrected chi connectivity index (χ0v) is 12.6. The number of piperazine rings is 3. The van der Waals surface area contributed by atoms with Gasteiger partial charge < -0.3 is 0 Å². The van der Waals surface area contributed by atoms with Crippen molar-refractivity contribution in [2.75, 3.05) is 26.2 Å². The van der Waals surface area contributed by atoms with Gasteiger partial charge in [-0.25, -0.2) is 0 Å². The molecule has 0 N–H and O–H groups in total. The molecule has 2 bridgehead atoms. The van der Waals surface area contributed by atoms with Gasteiger partial charge in [0.15, 0.2) is 6.71 Å². The molecule has 0 amide bonds. The first-order valence-corrected chi connectivity index (χ1v) is 6.89. The molecule has 3 fully saturated rings. The summed E-state index contributed by atoms with van der Waals surface area (Å²) in [7, 11) is 0. The summed E-state index contributed by atoms with van der Waals surface area (Å²) in [6, 6.07) is 0. The number of hydrogen-bond acceptors (Lipinski definition) is 2. The van der Waals surface area contributed by atoms with Crippen LogP contribution in [0.5, 0.6) is 0 Å². The highest BCUT2D eigenvalue weighted by molar-refractivity contribution is 9.30. The van der Waals surface area contributed by atoms with E-state index >= 15 is 0 Å². The number of alkyl halides is 4. The van der Waals surface area contributed by atoms with Crippen LogP contribution in [0.15, 0.2) is 0 Å². The van der Waals surface area contributed by atoms with Gasteiger partial charge in [-0.3, -0.25) is 9.80 Å². The van der Waals surface area contributed by atoms with Crippen LogP contribution in [0.1, 0.15) is 0 Å². The SMILES string of the molecule is BrC1(Br)N2CCN(CC2)C1(Br)Br. The van der Waals surface area contributed by atoms with Gasteiger partial charge >= 0.3 is 0 Å². The number of fused-ring (bicyclic) bond motifs is 3. The second kappa shape index (κ2) is 3.17. The molecule has 3 saturated heterocycles. The van der Waals surface area contributed by atoms with Crippen molar-refractivity contribution in [2.24, 2.45) is 0 Å². The second-order valence-electron chi connectivity index (χ2n) is 3.06. The van der Waals surface area contributed by atoms with Crippen molar-refractivity contribution in [1.82, 2.24) is 9.80 Å². The van der Waals surface area contributed by atoms with Gasteiger partial charge in [-0.15, -0.1) is 0 Å². The van der Waals surface area contributed by atoms with E-state index in [1.165, 1.54) is 0 Å². The van der Waals surface area contributed by atoms with Crippen LogP contribution in [0.4, 0.5) is 0 Å². The molecule has 0 atom stereocenters. The Kier molecular flexibility index (Phi) is 2.73. The van der Waals surface area contributed by atoms with E-state index in [1.807, 2.05) is 0 Å². The lowest BCUT2D eigenvalue weighted by molar-refractivity contribution is 0.0177. The fourth-order valence-electron chi connectivity index (χ4n) is 1.65. The molecule has 3 heterocycles. The van der Waals surface area contributed by atoms with E-state index in [0.717, 1.165) is 26.2 Å². The quantitative estimate of drug-likeness (QED) is 0.433. The number of halogens is 4. The largest absolute Gasteiger partial charge is 0.274 e. The number of rotatable bonds is 0. The molecule has 70 valence electrons. The maximum Gasteiger partial charge on any atom is 0.171 e. The molecular weight excluding hydrogens is 420 g/mol. The predicted molar refractivity (Wildman–Crippen MR) is 64.3 cm³/mol. The Morgan fingerprint density at radius 1 is 0.667 bits per heavy atom. The Bertz CT molecular complexity index is 176. The monoisotopic (exact) mass is 424 g/mol. The highest BCUT2D eigenvalue weighted by Gasteiger charge is 2.58. The van der Waals surface area contributed by atoms with Crippen LogP contribution in [0, 0.1) is 0 Å². The van der Waals surface area contributed by atoms with Crippen LogP contribution in [-0.4, -0.2) is 42.7 Å². The molecule has 0 aromatic heterocycles. The van der Waals surface area contributed by atoms with E-state index in [2.05, 4.69) is 73.5 Å². The zero-order chi connectivity index (χ0) is 8.98. The fourth-order valence-corrected chi connectivity index (χ4v) is 4.07. The summed E-state index contributed by atoms with van der Waals surface area (Å²) in [6.45, 7) is 4.43. The van der Waals surface area contributed by atoms with E-state index in [1.54, 1.807) is 0 Å². The van der Waals surface area contributed by atoms with Gasteiger partial charge in [-0.2, -0.15) is 0 Å². The van der Waals surface area contributed by atoms with Gasteiger partial charge in [0.1, 0.15) is 0 Å². The third-order valence-electron chi connectivity index (χ3n) is 2.44. The van der Waals surface area contributed by atoms with Crippen LogP contribution >= 0.6 is 63.7 Å². The van der Waals surface area contributed by atoms with Gasteiger partial charge in [0.25, 0.3) is 0 Å². The van der Waals surface area contributed by atoms with E-state index < -0.39 is 0 Å². The highest BCUT2D eigenvalue weighted by Crippen LogP contribution is 2.56. The van der Waals surface area contributed by atoms with Gasteiger partial charge in [0.2, 0.25) is 0 Å². The van der Waals surface area contributed by atoms with Gasteiger partial charge in [0.05, 0.1) is 0 Å². The summed E-state index contributed by atoms with van der Waals surface area (Å²) in [5.74, 6) is 0. The Morgan fingerprint density at radius 3 is 1.08 bits per heavy atom. The Morgan fingerprint density at radius 2 is 0.917 bits per heavy atom. The van der Waals surface area contributed by atoms with Crippen LogP contribution in [-0.2, 0) is 0 Å². The highest BCUT2D eigenvalue weighted by atomic mass is 79.9. The lowest BCUT2D eigenvalue weighted by atomic mass is 10.2. The average Bonchev–Trinajstić information content (AvgIpc) is 2.02. The minimum Gasteiger partial charge on any atom is -0.274 e. The molecule has 0 unspecified atom stereocenters. The van der Waals surface area contributed by atoms with Crippen LogP contribution in [0.2, 0.25) is 0 Å². The molecule has 0 aliphatic carbocycles. The molecule has 0 spiro atoms. The first-order chi connectivity index (χ1) is 5.46. The van der Waals surface area contributed by atoms with E-state index in [0.29, 0.717) is 0 Å². The Hall–Kier alpha value is 1.84. The zero-order valence-electron chi connectivity index (χ0n) is 6.23. The van der Waals surface area contributed by atoms with Crippen LogP contribution in [0.25, 0.3) is 0 Å². The topological polar surface area (TPSA) is 6.48 Å². The predicted octanol–water partition coefficient (Wildman–Crippen LogP) is 2.50. The summed E-state index contributed by atoms with van der Waals surface area (Å²) >= 11 is 14.7. The molecule has 12 heavy (non-hydrogen) atoms. The molecule has 0 aromatic rings. The van der Waals surface area contributed by atoms with Crippen molar-refractivity contribution in [3.8, 4) is 0 Å². The molecule has 0 radical (unpaired) electrons. The molecule has 3 rings (SSSR count). The summed E-state index contributed by atoms with van der Waals surface area (Å²) in [6.07, 6.45) is 0. The lowest BCUT2D eigenvalue weighted by Gasteiger charge is -2.58. The van der Waals surface area contributed by atoms with Crippen molar-refractivity contribution in [2.45, 2.75) is 6.71 Å². The van der Waals surface area contributed by atoms with Crippen molar-refractivity contribution < 1.29 is 0 Å². The smallest absolute Gasteiger partial charge is 0.171 e. The third-order valence-corrected chi connectivity index (χ3v) is 8.87. The van der Waals surface area contributed by atoms with Crippen molar-refractivity contribution in [3.05, 3.63) is 0 Å². The third kappa shape index (κ3) is 1.29. The minimum atomic E-state index is -0.191. The van der Waals surface area contributed by atoms with Crippen molar-refractivity contribution in [3.63, 3.8) is 0 Å². The summed E-state index contributed by atoms with van der Waals surface area (Å²) in [4.78, 5) is 4.74. The Balaban J connectivity index is 2.35. The molecule has 3 aliphatic heterocycles. The molecule has 0 saturated carbocycles. The molecule has 3 aliphatic rings. The average molecular weight is 428 g/mol. The minimum absolute atomic E-state index is 0.191. The van der Waals surface area contributed by atoms with Crippen molar-refractivity contribution >= 4 is 63.7 Å². The standard InChI is InChI=1S/C6H8Br4N2/c7-5(8)6(9,10)12-2-1-11(5)3-4-12/h1-4H2. The van der Waals surface area contributed by atoms with Gasteiger partial charge in [0, 0.05) is 26.2 Å². The van der Waals surface area contributed by atoms with E-state index in [-0.39, 0.29) is 6.71 Å². The van der Waals surface area contributed by atoms with Gasteiger partial charge in [-0.05, 0) is 0 Å². The second-order valence-corrected chi connectivity index (χ2v) is 9.78. The maximum atomic E-state index is 3.68. The van der Waals surface area contributed by atoms with E-state index in [4.69, 9.17) is 0 Å². The normalized spacial score (nSPS) is 43.0. The molecular formula is C6H8Br4N2. The lowest BCUT2D eigenvalue weighted by Crippen LogP contribution is -2.71. The first-order valence-electron chi connectivity index (χ1n) is 3.72. The Labute approximate surface area is 106 Å². The first kappa shape index (κ1) is 10.4. The van der Waals surface area contributed by atoms with Gasteiger partial charge in [-0.1, -0.05) is 63.7 Å². The molecule has 2 nitrogen and oxygen atoms in total. The van der Waals surface area contributed by atoms with Crippen LogP contribution in [0.3, 0.4) is 0 Å². The summed E-state index contributed by atoms with van der Waals surface area (Å²) in [5, 5.41) is 0. The summed E-state index contributed by atoms with van der Waals surface area (Å²) in [5.41, 5.74) is 0. The van der Waals surface area contributed by atoms with Crippen molar-refractivity contribution in [1.29, 1.82) is 0 Å². The molecule has 6 heteroatoms. The van der Waals surface area contributed by atoms with Crippen LogP contribution < -0.4 is 0 Å². The van der Waals surface area contributed by atoms with E-state index in [9.17, 15) is 0 Å². The molecule has 0 aromatic carbocycles. The maximum absolute atomic E-state index is 3.68. The summed E-state index contributed by atoms with van der Waals surface area (Å²) < 4.78 is -0.382. The number of hydrogen-bond donors (Lipinski definition) is 0.